The SMILES string of the molecule is CCOC(=O)C1(C)CC(Br)=C(O)C1=O. The van der Waals surface area contributed by atoms with Gasteiger partial charge in [-0.25, -0.2) is 0 Å². The number of allylic oxidation sites excluding steroid dienone is 2. The van der Waals surface area contributed by atoms with Crippen LogP contribution in [-0.4, -0.2) is 23.5 Å². The number of rotatable bonds is 2. The van der Waals surface area contributed by atoms with Crippen molar-refractivity contribution in [2.75, 3.05) is 6.61 Å². The zero-order valence-electron chi connectivity index (χ0n) is 7.96. The molecule has 0 bridgehead atoms. The second kappa shape index (κ2) is 3.73. The average Bonchev–Trinajstić information content (AvgIpc) is 2.32. The number of aliphatic hydroxyl groups is 1. The normalized spacial score (nSPS) is 26.9. The predicted molar refractivity (Wildman–Crippen MR) is 52.9 cm³/mol. The van der Waals surface area contributed by atoms with Gasteiger partial charge in [-0.1, -0.05) is 15.9 Å². The van der Waals surface area contributed by atoms with Gasteiger partial charge in [-0.3, -0.25) is 9.59 Å². The van der Waals surface area contributed by atoms with Crippen molar-refractivity contribution in [3.63, 3.8) is 0 Å². The third kappa shape index (κ3) is 1.56. The van der Waals surface area contributed by atoms with E-state index in [0.717, 1.165) is 0 Å². The van der Waals surface area contributed by atoms with Crippen LogP contribution in [0.1, 0.15) is 20.3 Å². The molecule has 1 rings (SSSR count). The van der Waals surface area contributed by atoms with E-state index in [9.17, 15) is 14.7 Å². The lowest BCUT2D eigenvalue weighted by atomic mass is 9.87. The van der Waals surface area contributed by atoms with Crippen LogP contribution in [0.15, 0.2) is 10.2 Å². The smallest absolute Gasteiger partial charge is 0.320 e. The first-order valence-corrected chi connectivity index (χ1v) is 5.02. The maximum absolute atomic E-state index is 11.5. The van der Waals surface area contributed by atoms with E-state index in [4.69, 9.17) is 4.74 Å². The molecule has 0 saturated carbocycles. The fraction of sp³-hybridized carbons (Fsp3) is 0.556. The average molecular weight is 263 g/mol. The molecule has 0 amide bonds. The van der Waals surface area contributed by atoms with E-state index in [-0.39, 0.29) is 18.8 Å². The van der Waals surface area contributed by atoms with Crippen LogP contribution >= 0.6 is 15.9 Å². The number of esters is 1. The molecule has 1 unspecified atom stereocenters. The highest BCUT2D eigenvalue weighted by Gasteiger charge is 2.50. The molecular weight excluding hydrogens is 252 g/mol. The molecule has 0 saturated heterocycles. The molecule has 1 aliphatic carbocycles. The number of ketones is 1. The molecule has 4 nitrogen and oxygen atoms in total. The number of carbonyl (C=O) groups is 2. The Labute approximate surface area is 90.1 Å². The molecule has 0 aliphatic heterocycles. The summed E-state index contributed by atoms with van der Waals surface area (Å²) in [5.41, 5.74) is -1.26. The summed E-state index contributed by atoms with van der Waals surface area (Å²) >= 11 is 3.04. The lowest BCUT2D eigenvalue weighted by molar-refractivity contribution is -0.157. The van der Waals surface area contributed by atoms with E-state index in [0.29, 0.717) is 4.48 Å². The quantitative estimate of drug-likeness (QED) is 0.608. The van der Waals surface area contributed by atoms with E-state index in [2.05, 4.69) is 15.9 Å². The van der Waals surface area contributed by atoms with E-state index in [1.54, 1.807) is 6.92 Å². The van der Waals surface area contributed by atoms with Crippen molar-refractivity contribution in [3.8, 4) is 0 Å². The largest absolute Gasteiger partial charge is 0.504 e. The van der Waals surface area contributed by atoms with E-state index in [1.807, 2.05) is 0 Å². The minimum Gasteiger partial charge on any atom is -0.504 e. The number of Topliss-reactive ketones (excluding diaryl/α,β-unsaturated/α-hetero) is 1. The van der Waals surface area contributed by atoms with Gasteiger partial charge in [0.05, 0.1) is 6.61 Å². The first kappa shape index (κ1) is 11.2. The van der Waals surface area contributed by atoms with Gasteiger partial charge in [0.1, 0.15) is 5.41 Å². The molecule has 5 heteroatoms. The molecule has 0 aromatic rings. The highest BCUT2D eigenvalue weighted by molar-refractivity contribution is 9.11. The number of hydrogen-bond donors (Lipinski definition) is 1. The van der Waals surface area contributed by atoms with Crippen LogP contribution in [0.25, 0.3) is 0 Å². The Hall–Kier alpha value is -0.840. The third-order valence-corrected chi connectivity index (χ3v) is 2.86. The van der Waals surface area contributed by atoms with E-state index >= 15 is 0 Å². The van der Waals surface area contributed by atoms with Crippen molar-refractivity contribution in [2.24, 2.45) is 5.41 Å². The first-order valence-electron chi connectivity index (χ1n) is 4.23. The van der Waals surface area contributed by atoms with Crippen LogP contribution in [0.5, 0.6) is 0 Å². The topological polar surface area (TPSA) is 63.6 Å². The summed E-state index contributed by atoms with van der Waals surface area (Å²) < 4.78 is 5.14. The highest BCUT2D eigenvalue weighted by atomic mass is 79.9. The van der Waals surface area contributed by atoms with Crippen LogP contribution in [0.3, 0.4) is 0 Å². The summed E-state index contributed by atoms with van der Waals surface area (Å²) in [5.74, 6) is -1.55. The maximum Gasteiger partial charge on any atom is 0.320 e. The van der Waals surface area contributed by atoms with Crippen LogP contribution in [0, 0.1) is 5.41 Å². The zero-order valence-corrected chi connectivity index (χ0v) is 9.55. The molecule has 0 radical (unpaired) electrons. The zero-order chi connectivity index (χ0) is 10.9. The van der Waals surface area contributed by atoms with Gasteiger partial charge in [0.25, 0.3) is 0 Å². The molecule has 1 N–H and O–H groups in total. The Morgan fingerprint density at radius 3 is 2.64 bits per heavy atom. The number of carbonyl (C=O) groups excluding carboxylic acids is 2. The predicted octanol–water partition coefficient (Wildman–Crippen LogP) is 1.69. The van der Waals surface area contributed by atoms with Crippen LogP contribution < -0.4 is 0 Å². The summed E-state index contributed by atoms with van der Waals surface area (Å²) in [5, 5.41) is 9.29. The van der Waals surface area contributed by atoms with Crippen molar-refractivity contribution in [1.29, 1.82) is 0 Å². The van der Waals surface area contributed by atoms with Gasteiger partial charge in [-0.2, -0.15) is 0 Å². The number of hydrogen-bond acceptors (Lipinski definition) is 4. The molecule has 78 valence electrons. The van der Waals surface area contributed by atoms with Crippen LogP contribution in [0.4, 0.5) is 0 Å². The van der Waals surface area contributed by atoms with Gasteiger partial charge in [-0.15, -0.1) is 0 Å². The van der Waals surface area contributed by atoms with Crippen molar-refractivity contribution in [1.82, 2.24) is 0 Å². The van der Waals surface area contributed by atoms with Crippen molar-refractivity contribution >= 4 is 27.7 Å². The molecule has 0 aromatic heterocycles. The number of halogens is 1. The summed E-state index contributed by atoms with van der Waals surface area (Å²) in [4.78, 5) is 23.0. The molecule has 0 aromatic carbocycles. The van der Waals surface area contributed by atoms with E-state index in [1.165, 1.54) is 6.92 Å². The Bertz CT molecular complexity index is 321. The van der Waals surface area contributed by atoms with Crippen LogP contribution in [0.2, 0.25) is 0 Å². The minimum absolute atomic E-state index is 0.163. The number of aliphatic hydroxyl groups excluding tert-OH is 1. The van der Waals surface area contributed by atoms with Crippen LogP contribution in [-0.2, 0) is 14.3 Å². The first-order chi connectivity index (χ1) is 6.43. The highest BCUT2D eigenvalue weighted by Crippen LogP contribution is 2.41. The third-order valence-electron chi connectivity index (χ3n) is 2.21. The second-order valence-corrected chi connectivity index (χ2v) is 4.27. The van der Waals surface area contributed by atoms with Gasteiger partial charge in [0.2, 0.25) is 5.78 Å². The lowest BCUT2D eigenvalue weighted by Gasteiger charge is -2.18. The standard InChI is InChI=1S/C9H11BrO4/c1-3-14-8(13)9(2)4-5(10)6(11)7(9)12/h11H,3-4H2,1-2H3. The minimum atomic E-state index is -1.26. The summed E-state index contributed by atoms with van der Waals surface area (Å²) in [6.45, 7) is 3.36. The van der Waals surface area contributed by atoms with Crippen molar-refractivity contribution in [2.45, 2.75) is 20.3 Å². The van der Waals surface area contributed by atoms with E-state index < -0.39 is 17.2 Å². The molecular formula is C9H11BrO4. The Morgan fingerprint density at radius 2 is 2.29 bits per heavy atom. The molecule has 1 atom stereocenters. The molecule has 14 heavy (non-hydrogen) atoms. The number of ether oxygens (including phenoxy) is 1. The molecule has 0 spiro atoms. The molecule has 0 fully saturated rings. The summed E-state index contributed by atoms with van der Waals surface area (Å²) in [6, 6.07) is 0. The summed E-state index contributed by atoms with van der Waals surface area (Å²) in [7, 11) is 0. The molecule has 0 heterocycles. The van der Waals surface area contributed by atoms with Crippen molar-refractivity contribution in [3.05, 3.63) is 10.2 Å². The Morgan fingerprint density at radius 1 is 1.71 bits per heavy atom. The van der Waals surface area contributed by atoms with Gasteiger partial charge in [0, 0.05) is 10.9 Å². The van der Waals surface area contributed by atoms with Gasteiger partial charge >= 0.3 is 5.97 Å². The monoisotopic (exact) mass is 262 g/mol. The summed E-state index contributed by atoms with van der Waals surface area (Å²) in [6.07, 6.45) is 0.163. The fourth-order valence-corrected chi connectivity index (χ4v) is 2.05. The Kier molecular flexibility index (Phi) is 2.99. The lowest BCUT2D eigenvalue weighted by Crippen LogP contribution is -2.35. The van der Waals surface area contributed by atoms with Gasteiger partial charge < -0.3 is 9.84 Å². The second-order valence-electron chi connectivity index (χ2n) is 3.31. The Balaban J connectivity index is 2.91. The van der Waals surface area contributed by atoms with Gasteiger partial charge in [0.15, 0.2) is 5.76 Å². The maximum atomic E-state index is 11.5. The molecule has 1 aliphatic rings. The fourth-order valence-electron chi connectivity index (χ4n) is 1.31. The van der Waals surface area contributed by atoms with Gasteiger partial charge in [-0.05, 0) is 13.8 Å². The van der Waals surface area contributed by atoms with Crippen molar-refractivity contribution < 1.29 is 19.4 Å².